The van der Waals surface area contributed by atoms with Crippen LogP contribution in [0.2, 0.25) is 0 Å². The molecule has 2 N–H and O–H groups in total. The Balaban J connectivity index is 1.30. The smallest absolute Gasteiger partial charge is 0.223 e. The van der Waals surface area contributed by atoms with E-state index in [2.05, 4.69) is 34.6 Å². The fraction of sp³-hybridized carbons (Fsp3) is 0.286. The van der Waals surface area contributed by atoms with Gasteiger partial charge in [-0.1, -0.05) is 30.3 Å². The number of rotatable bonds is 6. The van der Waals surface area contributed by atoms with Crippen LogP contribution in [0, 0.1) is 5.92 Å². The number of fused-ring (bicyclic) bond motifs is 1. The molecule has 2 unspecified atom stereocenters. The minimum Gasteiger partial charge on any atom is -0.497 e. The maximum Gasteiger partial charge on any atom is 0.223 e. The fourth-order valence-corrected chi connectivity index (χ4v) is 3.49. The molecule has 4 rings (SSSR count). The maximum atomic E-state index is 12.4. The Morgan fingerprint density at radius 3 is 2.80 bits per heavy atom. The SMILES string of the molecule is COc1ccc(C2CC2C(=O)NCCc2c[nH]c3ccccc23)cc1. The highest BCUT2D eigenvalue weighted by molar-refractivity contribution is 5.84. The first-order valence-corrected chi connectivity index (χ1v) is 8.73. The molecule has 4 heteroatoms. The van der Waals surface area contributed by atoms with Crippen LogP contribution in [-0.4, -0.2) is 24.5 Å². The van der Waals surface area contributed by atoms with Crippen LogP contribution in [0.15, 0.2) is 54.7 Å². The van der Waals surface area contributed by atoms with Crippen LogP contribution in [0.1, 0.15) is 23.5 Å². The van der Waals surface area contributed by atoms with Gasteiger partial charge in [0.25, 0.3) is 0 Å². The second kappa shape index (κ2) is 6.63. The van der Waals surface area contributed by atoms with Gasteiger partial charge in [0.15, 0.2) is 0 Å². The Morgan fingerprint density at radius 2 is 2.00 bits per heavy atom. The summed E-state index contributed by atoms with van der Waals surface area (Å²) < 4.78 is 5.18. The number of carbonyl (C=O) groups is 1. The molecule has 0 spiro atoms. The van der Waals surface area contributed by atoms with Crippen molar-refractivity contribution in [1.29, 1.82) is 0 Å². The van der Waals surface area contributed by atoms with Crippen molar-refractivity contribution in [2.75, 3.05) is 13.7 Å². The fourth-order valence-electron chi connectivity index (χ4n) is 3.49. The van der Waals surface area contributed by atoms with Gasteiger partial charge in [-0.2, -0.15) is 0 Å². The summed E-state index contributed by atoms with van der Waals surface area (Å²) in [6.07, 6.45) is 3.81. The van der Waals surface area contributed by atoms with Gasteiger partial charge in [-0.15, -0.1) is 0 Å². The molecule has 1 heterocycles. The molecule has 0 aliphatic heterocycles. The number of benzene rings is 2. The van der Waals surface area contributed by atoms with Gasteiger partial charge in [0.2, 0.25) is 5.91 Å². The number of carbonyl (C=O) groups excluding carboxylic acids is 1. The molecule has 1 fully saturated rings. The lowest BCUT2D eigenvalue weighted by molar-refractivity contribution is -0.122. The summed E-state index contributed by atoms with van der Waals surface area (Å²) >= 11 is 0. The van der Waals surface area contributed by atoms with Gasteiger partial charge in [0, 0.05) is 29.6 Å². The number of ether oxygens (including phenoxy) is 1. The molecule has 3 aromatic rings. The summed E-state index contributed by atoms with van der Waals surface area (Å²) in [5.74, 6) is 1.47. The second-order valence-electron chi connectivity index (χ2n) is 6.62. The van der Waals surface area contributed by atoms with Crippen LogP contribution in [-0.2, 0) is 11.2 Å². The summed E-state index contributed by atoms with van der Waals surface area (Å²) in [4.78, 5) is 15.6. The molecule has 0 saturated heterocycles. The molecular weight excluding hydrogens is 312 g/mol. The summed E-state index contributed by atoms with van der Waals surface area (Å²) in [6.45, 7) is 0.673. The van der Waals surface area contributed by atoms with Crippen LogP contribution < -0.4 is 10.1 Å². The van der Waals surface area contributed by atoms with E-state index in [0.717, 1.165) is 24.1 Å². The number of hydrogen-bond donors (Lipinski definition) is 2. The summed E-state index contributed by atoms with van der Waals surface area (Å²) in [5, 5.41) is 4.33. The van der Waals surface area contributed by atoms with Crippen LogP contribution in [0.3, 0.4) is 0 Å². The molecule has 2 atom stereocenters. The molecule has 1 aliphatic carbocycles. The zero-order chi connectivity index (χ0) is 17.2. The first-order chi connectivity index (χ1) is 12.3. The van der Waals surface area contributed by atoms with Gasteiger partial charge in [-0.05, 0) is 48.1 Å². The van der Waals surface area contributed by atoms with Gasteiger partial charge in [0.05, 0.1) is 7.11 Å². The zero-order valence-electron chi connectivity index (χ0n) is 14.3. The molecule has 1 amide bonds. The van der Waals surface area contributed by atoms with Gasteiger partial charge in [-0.3, -0.25) is 4.79 Å². The summed E-state index contributed by atoms with van der Waals surface area (Å²) in [6, 6.07) is 16.3. The van der Waals surface area contributed by atoms with Gasteiger partial charge >= 0.3 is 0 Å². The molecule has 1 aromatic heterocycles. The Bertz CT molecular complexity index is 882. The lowest BCUT2D eigenvalue weighted by atomic mass is 10.1. The standard InChI is InChI=1S/C21H22N2O2/c1-25-16-8-6-14(7-9-16)18-12-19(18)21(24)22-11-10-15-13-23-20-5-3-2-4-17(15)20/h2-9,13,18-19,23H,10-12H2,1H3,(H,22,24). The minimum atomic E-state index is 0.108. The Morgan fingerprint density at radius 1 is 1.20 bits per heavy atom. The number of nitrogens with one attached hydrogen (secondary N) is 2. The van der Waals surface area contributed by atoms with E-state index in [-0.39, 0.29) is 11.8 Å². The lowest BCUT2D eigenvalue weighted by Crippen LogP contribution is -2.27. The van der Waals surface area contributed by atoms with Gasteiger partial charge in [0.1, 0.15) is 5.75 Å². The highest BCUT2D eigenvalue weighted by atomic mass is 16.5. The van der Waals surface area contributed by atoms with Crippen LogP contribution in [0.25, 0.3) is 10.9 Å². The topological polar surface area (TPSA) is 54.1 Å². The average Bonchev–Trinajstić information content (AvgIpc) is 3.36. The van der Waals surface area contributed by atoms with E-state index in [1.54, 1.807) is 7.11 Å². The number of aromatic nitrogens is 1. The first kappa shape index (κ1) is 15.8. The number of H-pyrrole nitrogens is 1. The number of para-hydroxylation sites is 1. The molecular formula is C21H22N2O2. The second-order valence-corrected chi connectivity index (χ2v) is 6.62. The van der Waals surface area contributed by atoms with Gasteiger partial charge < -0.3 is 15.0 Å². The van der Waals surface area contributed by atoms with E-state index in [1.165, 1.54) is 16.5 Å². The zero-order valence-corrected chi connectivity index (χ0v) is 14.3. The molecule has 128 valence electrons. The van der Waals surface area contributed by atoms with E-state index in [9.17, 15) is 4.79 Å². The first-order valence-electron chi connectivity index (χ1n) is 8.73. The van der Waals surface area contributed by atoms with Crippen LogP contribution >= 0.6 is 0 Å². The van der Waals surface area contributed by atoms with Crippen molar-refractivity contribution in [3.63, 3.8) is 0 Å². The third-order valence-electron chi connectivity index (χ3n) is 5.04. The third-order valence-corrected chi connectivity index (χ3v) is 5.04. The summed E-state index contributed by atoms with van der Waals surface area (Å²) in [7, 11) is 1.66. The quantitative estimate of drug-likeness (QED) is 0.723. The Kier molecular flexibility index (Phi) is 4.18. The highest BCUT2D eigenvalue weighted by Gasteiger charge is 2.43. The predicted molar refractivity (Wildman–Crippen MR) is 98.9 cm³/mol. The largest absolute Gasteiger partial charge is 0.497 e. The number of hydrogen-bond acceptors (Lipinski definition) is 2. The molecule has 4 nitrogen and oxygen atoms in total. The Hall–Kier alpha value is -2.75. The van der Waals surface area contributed by atoms with Crippen LogP contribution in [0.4, 0.5) is 0 Å². The van der Waals surface area contributed by atoms with Crippen molar-refractivity contribution >= 4 is 16.8 Å². The normalized spacial score (nSPS) is 18.9. The number of methoxy groups -OCH3 is 1. The predicted octanol–water partition coefficient (Wildman–Crippen LogP) is 3.64. The van der Waals surface area contributed by atoms with Crippen molar-refractivity contribution in [2.24, 2.45) is 5.92 Å². The molecule has 2 aromatic carbocycles. The molecule has 25 heavy (non-hydrogen) atoms. The lowest BCUT2D eigenvalue weighted by Gasteiger charge is -2.05. The highest BCUT2D eigenvalue weighted by Crippen LogP contribution is 2.47. The monoisotopic (exact) mass is 334 g/mol. The Labute approximate surface area is 147 Å². The van der Waals surface area contributed by atoms with Crippen LogP contribution in [0.5, 0.6) is 5.75 Å². The van der Waals surface area contributed by atoms with E-state index < -0.39 is 0 Å². The van der Waals surface area contributed by atoms with Crippen molar-refractivity contribution in [1.82, 2.24) is 10.3 Å². The van der Waals surface area contributed by atoms with Crippen molar-refractivity contribution in [3.8, 4) is 5.75 Å². The average molecular weight is 334 g/mol. The summed E-state index contributed by atoms with van der Waals surface area (Å²) in [5.41, 5.74) is 3.61. The van der Waals surface area contributed by atoms with E-state index in [4.69, 9.17) is 4.74 Å². The van der Waals surface area contributed by atoms with E-state index in [1.807, 2.05) is 30.5 Å². The van der Waals surface area contributed by atoms with Gasteiger partial charge in [-0.25, -0.2) is 0 Å². The molecule has 0 radical (unpaired) electrons. The third kappa shape index (κ3) is 3.25. The minimum absolute atomic E-state index is 0.108. The number of aromatic amines is 1. The van der Waals surface area contributed by atoms with Crippen molar-refractivity contribution < 1.29 is 9.53 Å². The van der Waals surface area contributed by atoms with Crippen molar-refractivity contribution in [2.45, 2.75) is 18.8 Å². The molecule has 0 bridgehead atoms. The van der Waals surface area contributed by atoms with E-state index in [0.29, 0.717) is 12.5 Å². The van der Waals surface area contributed by atoms with Crippen molar-refractivity contribution in [3.05, 3.63) is 65.9 Å². The maximum absolute atomic E-state index is 12.4. The number of amides is 1. The van der Waals surface area contributed by atoms with E-state index >= 15 is 0 Å². The molecule has 1 aliphatic rings. The molecule has 1 saturated carbocycles.